The largest absolute Gasteiger partial charge is 0.383 e. The van der Waals surface area contributed by atoms with Crippen molar-refractivity contribution in [3.8, 4) is 0 Å². The summed E-state index contributed by atoms with van der Waals surface area (Å²) >= 11 is 0. The number of hydrogen-bond donors (Lipinski definition) is 0. The third-order valence-electron chi connectivity index (χ3n) is 2.56. The zero-order valence-corrected chi connectivity index (χ0v) is 8.58. The lowest BCUT2D eigenvalue weighted by atomic mass is 10.2. The van der Waals surface area contributed by atoms with Gasteiger partial charge in [0.1, 0.15) is 0 Å². The van der Waals surface area contributed by atoms with Crippen LogP contribution in [0.15, 0.2) is 0 Å². The third-order valence-corrected chi connectivity index (χ3v) is 2.56. The molecule has 1 atom stereocenters. The highest BCUT2D eigenvalue weighted by molar-refractivity contribution is 5.78. The summed E-state index contributed by atoms with van der Waals surface area (Å²) < 4.78 is 5.09. The Bertz CT molecular complexity index is 170. The smallest absolute Gasteiger partial charge is 0.222 e. The van der Waals surface area contributed by atoms with Crippen LogP contribution in [0.5, 0.6) is 0 Å². The molecule has 0 spiro atoms. The Morgan fingerprint density at radius 3 is 3.00 bits per heavy atom. The Hall–Kier alpha value is -0.570. The molecule has 1 heterocycles. The van der Waals surface area contributed by atoms with Crippen LogP contribution < -0.4 is 0 Å². The van der Waals surface area contributed by atoms with Crippen molar-refractivity contribution in [2.24, 2.45) is 0 Å². The molecule has 0 aromatic heterocycles. The molecule has 1 fully saturated rings. The number of hydrogen-bond acceptors (Lipinski definition) is 2. The molecule has 0 saturated carbocycles. The van der Waals surface area contributed by atoms with Gasteiger partial charge in [0.2, 0.25) is 5.91 Å². The van der Waals surface area contributed by atoms with Crippen LogP contribution in [0.1, 0.15) is 32.6 Å². The van der Waals surface area contributed by atoms with Gasteiger partial charge in [-0.15, -0.1) is 0 Å². The van der Waals surface area contributed by atoms with Crippen LogP contribution in [0.3, 0.4) is 0 Å². The van der Waals surface area contributed by atoms with Gasteiger partial charge in [-0.05, 0) is 12.8 Å². The molecular formula is C10H19NO2. The molecule has 1 aliphatic rings. The summed E-state index contributed by atoms with van der Waals surface area (Å²) in [7, 11) is 1.70. The normalized spacial score (nSPS) is 22.8. The lowest BCUT2D eigenvalue weighted by Crippen LogP contribution is -2.36. The van der Waals surface area contributed by atoms with Crippen LogP contribution in [0.25, 0.3) is 0 Å². The van der Waals surface area contributed by atoms with Crippen LogP contribution in [0, 0.1) is 0 Å². The predicted octanol–water partition coefficient (Wildman–Crippen LogP) is 1.42. The number of carbonyl (C=O) groups is 1. The van der Waals surface area contributed by atoms with Crippen molar-refractivity contribution in [3.05, 3.63) is 0 Å². The molecule has 3 heteroatoms. The highest BCUT2D eigenvalue weighted by Gasteiger charge is 2.29. The van der Waals surface area contributed by atoms with Gasteiger partial charge < -0.3 is 9.64 Å². The van der Waals surface area contributed by atoms with Gasteiger partial charge >= 0.3 is 0 Å². The van der Waals surface area contributed by atoms with Gasteiger partial charge in [-0.25, -0.2) is 0 Å². The van der Waals surface area contributed by atoms with E-state index in [0.29, 0.717) is 25.0 Å². The number of rotatable bonds is 5. The molecular weight excluding hydrogens is 166 g/mol. The van der Waals surface area contributed by atoms with Crippen LogP contribution in [-0.4, -0.2) is 37.1 Å². The topological polar surface area (TPSA) is 29.5 Å². The van der Waals surface area contributed by atoms with Crippen LogP contribution >= 0.6 is 0 Å². The Morgan fingerprint density at radius 1 is 1.62 bits per heavy atom. The van der Waals surface area contributed by atoms with E-state index in [0.717, 1.165) is 25.8 Å². The van der Waals surface area contributed by atoms with Crippen LogP contribution in [0.4, 0.5) is 0 Å². The van der Waals surface area contributed by atoms with E-state index >= 15 is 0 Å². The van der Waals surface area contributed by atoms with E-state index in [-0.39, 0.29) is 0 Å². The first-order valence-corrected chi connectivity index (χ1v) is 5.08. The minimum atomic E-state index is 0.301. The van der Waals surface area contributed by atoms with E-state index in [9.17, 15) is 4.79 Å². The standard InChI is InChI=1S/C10H19NO2/c1-3-4-7-11-9(8-13-2)5-6-10(11)12/h9H,3-8H2,1-2H3/t9-/m1/s1. The maximum Gasteiger partial charge on any atom is 0.222 e. The van der Waals surface area contributed by atoms with Gasteiger partial charge in [0.05, 0.1) is 12.6 Å². The van der Waals surface area contributed by atoms with Crippen molar-refractivity contribution in [2.75, 3.05) is 20.3 Å². The summed E-state index contributed by atoms with van der Waals surface area (Å²) in [4.78, 5) is 13.4. The highest BCUT2D eigenvalue weighted by atomic mass is 16.5. The molecule has 0 aliphatic carbocycles. The second-order valence-corrected chi connectivity index (χ2v) is 3.59. The maximum atomic E-state index is 11.4. The van der Waals surface area contributed by atoms with Crippen LogP contribution in [-0.2, 0) is 9.53 Å². The molecule has 3 nitrogen and oxygen atoms in total. The molecule has 0 N–H and O–H groups in total. The molecule has 0 radical (unpaired) electrons. The van der Waals surface area contributed by atoms with Crippen molar-refractivity contribution in [1.29, 1.82) is 0 Å². The van der Waals surface area contributed by atoms with Crippen LogP contribution in [0.2, 0.25) is 0 Å². The zero-order valence-electron chi connectivity index (χ0n) is 8.58. The number of amides is 1. The summed E-state index contributed by atoms with van der Waals surface area (Å²) in [5, 5.41) is 0. The summed E-state index contributed by atoms with van der Waals surface area (Å²) in [5.41, 5.74) is 0. The highest BCUT2D eigenvalue weighted by Crippen LogP contribution is 2.19. The Morgan fingerprint density at radius 2 is 2.38 bits per heavy atom. The quantitative estimate of drug-likeness (QED) is 0.648. The average molecular weight is 185 g/mol. The number of unbranched alkanes of at least 4 members (excludes halogenated alkanes) is 1. The lowest BCUT2D eigenvalue weighted by Gasteiger charge is -2.23. The molecule has 0 aromatic rings. The molecule has 1 amide bonds. The number of methoxy groups -OCH3 is 1. The fourth-order valence-corrected chi connectivity index (χ4v) is 1.79. The van der Waals surface area contributed by atoms with Crippen molar-refractivity contribution >= 4 is 5.91 Å². The van der Waals surface area contributed by atoms with Crippen molar-refractivity contribution in [3.63, 3.8) is 0 Å². The monoisotopic (exact) mass is 185 g/mol. The third kappa shape index (κ3) is 2.69. The average Bonchev–Trinajstić information content (AvgIpc) is 2.45. The molecule has 76 valence electrons. The molecule has 0 bridgehead atoms. The number of likely N-dealkylation sites (tertiary alicyclic amines) is 1. The van der Waals surface area contributed by atoms with Gasteiger partial charge in [0.25, 0.3) is 0 Å². The van der Waals surface area contributed by atoms with Gasteiger partial charge in [0.15, 0.2) is 0 Å². The summed E-state index contributed by atoms with van der Waals surface area (Å²) in [6.45, 7) is 3.74. The van der Waals surface area contributed by atoms with Crippen molar-refractivity contribution in [2.45, 2.75) is 38.6 Å². The van der Waals surface area contributed by atoms with Crippen molar-refractivity contribution < 1.29 is 9.53 Å². The number of ether oxygens (including phenoxy) is 1. The lowest BCUT2D eigenvalue weighted by molar-refractivity contribution is -0.129. The maximum absolute atomic E-state index is 11.4. The summed E-state index contributed by atoms with van der Waals surface area (Å²) in [6.07, 6.45) is 3.92. The van der Waals surface area contributed by atoms with Gasteiger partial charge in [-0.2, -0.15) is 0 Å². The first-order valence-electron chi connectivity index (χ1n) is 5.08. The fraction of sp³-hybridized carbons (Fsp3) is 0.900. The molecule has 0 aromatic carbocycles. The van der Waals surface area contributed by atoms with E-state index < -0.39 is 0 Å². The Labute approximate surface area is 80.1 Å². The van der Waals surface area contributed by atoms with E-state index in [2.05, 4.69) is 6.92 Å². The minimum Gasteiger partial charge on any atom is -0.383 e. The SMILES string of the molecule is CCCCN1C(=O)CC[C@@H]1COC. The van der Waals surface area contributed by atoms with E-state index in [1.54, 1.807) is 7.11 Å². The number of carbonyl (C=O) groups excluding carboxylic acids is 1. The summed E-state index contributed by atoms with van der Waals surface area (Å²) in [5.74, 6) is 0.301. The molecule has 13 heavy (non-hydrogen) atoms. The first kappa shape index (κ1) is 10.5. The molecule has 1 rings (SSSR count). The Balaban J connectivity index is 2.40. The van der Waals surface area contributed by atoms with Gasteiger partial charge in [0, 0.05) is 20.1 Å². The second-order valence-electron chi connectivity index (χ2n) is 3.59. The number of nitrogens with zero attached hydrogens (tertiary/aromatic N) is 1. The van der Waals surface area contributed by atoms with E-state index in [1.165, 1.54) is 0 Å². The first-order chi connectivity index (χ1) is 6.29. The fourth-order valence-electron chi connectivity index (χ4n) is 1.79. The van der Waals surface area contributed by atoms with E-state index in [4.69, 9.17) is 4.74 Å². The second kappa shape index (κ2) is 5.22. The Kier molecular flexibility index (Phi) is 4.22. The van der Waals surface area contributed by atoms with Gasteiger partial charge in [-0.1, -0.05) is 13.3 Å². The molecule has 0 unspecified atom stereocenters. The van der Waals surface area contributed by atoms with Gasteiger partial charge in [-0.3, -0.25) is 4.79 Å². The molecule has 1 saturated heterocycles. The predicted molar refractivity (Wildman–Crippen MR) is 51.5 cm³/mol. The molecule has 1 aliphatic heterocycles. The summed E-state index contributed by atoms with van der Waals surface area (Å²) in [6, 6.07) is 0.337. The minimum absolute atomic E-state index is 0.301. The van der Waals surface area contributed by atoms with Crippen molar-refractivity contribution in [1.82, 2.24) is 4.90 Å². The van der Waals surface area contributed by atoms with E-state index in [1.807, 2.05) is 4.90 Å². The zero-order chi connectivity index (χ0) is 9.68.